The average molecular weight is 324 g/mol. The molecule has 0 saturated heterocycles. The number of hydrogen-bond donors (Lipinski definition) is 0. The van der Waals surface area contributed by atoms with Gasteiger partial charge in [-0.2, -0.15) is 9.61 Å². The van der Waals surface area contributed by atoms with Gasteiger partial charge in [-0.25, -0.2) is 4.98 Å². The minimum atomic E-state index is 0.244. The third-order valence-corrected chi connectivity index (χ3v) is 4.08. The molecule has 8 heteroatoms. The van der Waals surface area contributed by atoms with Crippen molar-refractivity contribution in [2.45, 2.75) is 13.0 Å². The predicted molar refractivity (Wildman–Crippen MR) is 84.3 cm³/mol. The summed E-state index contributed by atoms with van der Waals surface area (Å²) in [5, 5.41) is 13.8. The molecule has 114 valence electrons. The first-order valence-electron chi connectivity index (χ1n) is 7.01. The van der Waals surface area contributed by atoms with Crippen molar-refractivity contribution < 1.29 is 4.74 Å². The Morgan fingerprint density at radius 3 is 2.83 bits per heavy atom. The normalized spacial score (nSPS) is 11.0. The van der Waals surface area contributed by atoms with Crippen LogP contribution in [0.2, 0.25) is 0 Å². The van der Waals surface area contributed by atoms with Crippen LogP contribution in [-0.2, 0) is 13.0 Å². The van der Waals surface area contributed by atoms with Crippen molar-refractivity contribution in [2.24, 2.45) is 0 Å². The minimum Gasteiger partial charge on any atom is -0.468 e. The van der Waals surface area contributed by atoms with E-state index in [1.807, 2.05) is 18.2 Å². The Kier molecular flexibility index (Phi) is 3.65. The summed E-state index contributed by atoms with van der Waals surface area (Å²) in [4.78, 5) is 8.77. The van der Waals surface area contributed by atoms with Crippen LogP contribution >= 0.6 is 11.3 Å². The second-order valence-corrected chi connectivity index (χ2v) is 5.84. The van der Waals surface area contributed by atoms with Gasteiger partial charge in [-0.05, 0) is 5.56 Å². The lowest BCUT2D eigenvalue weighted by molar-refractivity contribution is 0.280. The number of nitrogens with zero attached hydrogens (tertiary/aromatic N) is 6. The molecule has 0 spiro atoms. The van der Waals surface area contributed by atoms with E-state index in [4.69, 9.17) is 4.74 Å². The van der Waals surface area contributed by atoms with Crippen molar-refractivity contribution in [1.82, 2.24) is 29.8 Å². The first-order valence-corrected chi connectivity index (χ1v) is 7.83. The van der Waals surface area contributed by atoms with Crippen LogP contribution < -0.4 is 4.74 Å². The second-order valence-electron chi connectivity index (χ2n) is 4.80. The lowest BCUT2D eigenvalue weighted by atomic mass is 10.2. The quantitative estimate of drug-likeness (QED) is 0.560. The highest BCUT2D eigenvalue weighted by Crippen LogP contribution is 2.18. The molecule has 0 atom stereocenters. The topological polar surface area (TPSA) is 78.1 Å². The highest BCUT2D eigenvalue weighted by atomic mass is 32.1. The molecular weight excluding hydrogens is 312 g/mol. The fourth-order valence-corrected chi connectivity index (χ4v) is 3.01. The lowest BCUT2D eigenvalue weighted by Gasteiger charge is -2.01. The van der Waals surface area contributed by atoms with Crippen LogP contribution in [0.5, 0.6) is 5.88 Å². The van der Waals surface area contributed by atoms with E-state index in [1.165, 1.54) is 16.9 Å². The smallest absolute Gasteiger partial charge is 0.234 e. The standard InChI is InChI=1S/C15H12N6OS/c1-2-4-11(5-3-1)8-14-20-21-12(18-19-15(21)23-14)10-22-13-9-16-6-7-17-13/h1-7,9H,8,10H2. The molecule has 23 heavy (non-hydrogen) atoms. The molecule has 0 amide bonds. The number of hydrogen-bond acceptors (Lipinski definition) is 7. The molecule has 0 aliphatic heterocycles. The summed E-state index contributed by atoms with van der Waals surface area (Å²) in [6.07, 6.45) is 5.51. The van der Waals surface area contributed by atoms with Crippen LogP contribution in [0.25, 0.3) is 4.96 Å². The van der Waals surface area contributed by atoms with Crippen LogP contribution in [0, 0.1) is 0 Å². The lowest BCUT2D eigenvalue weighted by Crippen LogP contribution is -2.03. The molecule has 0 aliphatic carbocycles. The van der Waals surface area contributed by atoms with Crippen molar-refractivity contribution >= 4 is 16.3 Å². The summed E-state index contributed by atoms with van der Waals surface area (Å²) in [6, 6.07) is 10.2. The molecular formula is C15H12N6OS. The van der Waals surface area contributed by atoms with Crippen molar-refractivity contribution in [3.63, 3.8) is 0 Å². The van der Waals surface area contributed by atoms with Crippen LogP contribution in [-0.4, -0.2) is 29.8 Å². The zero-order chi connectivity index (χ0) is 15.5. The third-order valence-electron chi connectivity index (χ3n) is 3.18. The van der Waals surface area contributed by atoms with Crippen molar-refractivity contribution in [3.8, 4) is 5.88 Å². The number of rotatable bonds is 5. The summed E-state index contributed by atoms with van der Waals surface area (Å²) in [7, 11) is 0. The summed E-state index contributed by atoms with van der Waals surface area (Å²) < 4.78 is 7.28. The summed E-state index contributed by atoms with van der Waals surface area (Å²) >= 11 is 1.53. The Hall–Kier alpha value is -2.87. The maximum atomic E-state index is 5.55. The molecule has 3 heterocycles. The number of fused-ring (bicyclic) bond motifs is 1. The third kappa shape index (κ3) is 3.02. The van der Waals surface area contributed by atoms with Crippen molar-refractivity contribution in [2.75, 3.05) is 0 Å². The van der Waals surface area contributed by atoms with Gasteiger partial charge in [0.15, 0.2) is 12.4 Å². The molecule has 3 aromatic heterocycles. The van der Waals surface area contributed by atoms with Gasteiger partial charge in [-0.3, -0.25) is 4.98 Å². The van der Waals surface area contributed by atoms with Crippen LogP contribution in [0.3, 0.4) is 0 Å². The molecule has 0 radical (unpaired) electrons. The second kappa shape index (κ2) is 6.09. The molecule has 7 nitrogen and oxygen atoms in total. The van der Waals surface area contributed by atoms with Gasteiger partial charge in [-0.1, -0.05) is 41.7 Å². The average Bonchev–Trinajstić information content (AvgIpc) is 3.15. The highest BCUT2D eigenvalue weighted by molar-refractivity contribution is 7.16. The predicted octanol–water partition coefficient (Wildman–Crippen LogP) is 2.15. The Morgan fingerprint density at radius 1 is 1.09 bits per heavy atom. The van der Waals surface area contributed by atoms with E-state index >= 15 is 0 Å². The van der Waals surface area contributed by atoms with Gasteiger partial charge >= 0.3 is 0 Å². The number of aromatic nitrogens is 6. The molecule has 0 N–H and O–H groups in total. The van der Waals surface area contributed by atoms with Gasteiger partial charge in [0.1, 0.15) is 5.01 Å². The largest absolute Gasteiger partial charge is 0.468 e. The van der Waals surface area contributed by atoms with E-state index in [2.05, 4.69) is 37.4 Å². The van der Waals surface area contributed by atoms with E-state index in [9.17, 15) is 0 Å². The van der Waals surface area contributed by atoms with Gasteiger partial charge in [0.05, 0.1) is 6.20 Å². The van der Waals surface area contributed by atoms with Crippen LogP contribution in [0.1, 0.15) is 16.4 Å². The van der Waals surface area contributed by atoms with E-state index in [0.717, 1.165) is 16.4 Å². The molecule has 0 bridgehead atoms. The molecule has 4 aromatic rings. The zero-order valence-corrected chi connectivity index (χ0v) is 12.8. The van der Waals surface area contributed by atoms with Crippen LogP contribution in [0.4, 0.5) is 0 Å². The van der Waals surface area contributed by atoms with Crippen molar-refractivity contribution in [3.05, 3.63) is 65.3 Å². The fraction of sp³-hybridized carbons (Fsp3) is 0.133. The number of benzene rings is 1. The Balaban J connectivity index is 1.52. The Morgan fingerprint density at radius 2 is 2.00 bits per heavy atom. The molecule has 1 aromatic carbocycles. The SMILES string of the molecule is c1ccc(Cc2nn3c(COc4cnccn4)nnc3s2)cc1. The van der Waals surface area contributed by atoms with E-state index in [-0.39, 0.29) is 6.61 Å². The molecule has 0 saturated carbocycles. The van der Waals surface area contributed by atoms with E-state index in [0.29, 0.717) is 11.7 Å². The molecule has 0 aliphatic rings. The van der Waals surface area contributed by atoms with Gasteiger partial charge in [-0.15, -0.1) is 10.2 Å². The molecule has 0 unspecified atom stereocenters. The van der Waals surface area contributed by atoms with Crippen LogP contribution in [0.15, 0.2) is 48.9 Å². The van der Waals surface area contributed by atoms with Gasteiger partial charge < -0.3 is 4.74 Å². The van der Waals surface area contributed by atoms with E-state index < -0.39 is 0 Å². The summed E-state index contributed by atoms with van der Waals surface area (Å²) in [5.74, 6) is 1.09. The highest BCUT2D eigenvalue weighted by Gasteiger charge is 2.12. The van der Waals surface area contributed by atoms with E-state index in [1.54, 1.807) is 23.1 Å². The monoisotopic (exact) mass is 324 g/mol. The first kappa shape index (κ1) is 13.8. The Bertz CT molecular complexity index is 906. The van der Waals surface area contributed by atoms with Gasteiger partial charge in [0.2, 0.25) is 10.8 Å². The number of ether oxygens (including phenoxy) is 1. The van der Waals surface area contributed by atoms with Gasteiger partial charge in [0.25, 0.3) is 0 Å². The molecule has 0 fully saturated rings. The Labute approximate surface area is 135 Å². The molecule has 4 rings (SSSR count). The summed E-state index contributed by atoms with van der Waals surface area (Å²) in [5.41, 5.74) is 1.22. The minimum absolute atomic E-state index is 0.244. The first-order chi connectivity index (χ1) is 11.4. The zero-order valence-electron chi connectivity index (χ0n) is 12.0. The van der Waals surface area contributed by atoms with Crippen molar-refractivity contribution in [1.29, 1.82) is 0 Å². The van der Waals surface area contributed by atoms with Gasteiger partial charge in [0, 0.05) is 18.8 Å². The fourth-order valence-electron chi connectivity index (χ4n) is 2.13. The summed E-state index contributed by atoms with van der Waals surface area (Å²) in [6.45, 7) is 0.244. The maximum Gasteiger partial charge on any atom is 0.234 e. The maximum absolute atomic E-state index is 5.55.